The summed E-state index contributed by atoms with van der Waals surface area (Å²) in [6.07, 6.45) is 0. The summed E-state index contributed by atoms with van der Waals surface area (Å²) < 4.78 is 6.91. The zero-order valence-electron chi connectivity index (χ0n) is 16.7. The summed E-state index contributed by atoms with van der Waals surface area (Å²) in [4.78, 5) is 24.8. The molecule has 0 radical (unpaired) electrons. The first-order valence-corrected chi connectivity index (χ1v) is 10.4. The van der Waals surface area contributed by atoms with Crippen molar-refractivity contribution in [1.82, 2.24) is 9.78 Å². The highest BCUT2D eigenvalue weighted by Crippen LogP contribution is 2.21. The molecule has 1 N–H and O–H groups in total. The van der Waals surface area contributed by atoms with Crippen LogP contribution in [0.25, 0.3) is 5.69 Å². The van der Waals surface area contributed by atoms with Crippen molar-refractivity contribution in [1.29, 1.82) is 0 Å². The molecule has 0 aliphatic heterocycles. The van der Waals surface area contributed by atoms with E-state index in [1.807, 2.05) is 12.1 Å². The van der Waals surface area contributed by atoms with E-state index >= 15 is 0 Å². The van der Waals surface area contributed by atoms with Crippen LogP contribution in [-0.2, 0) is 6.61 Å². The molecule has 0 atom stereocenters. The number of carbonyl (C=O) groups excluding carboxylic acids is 1. The summed E-state index contributed by atoms with van der Waals surface area (Å²) in [6.45, 7) is 0.281. The van der Waals surface area contributed by atoms with E-state index in [1.54, 1.807) is 60.7 Å². The maximum atomic E-state index is 12.5. The Kier molecular flexibility index (Phi) is 6.54. The Balaban J connectivity index is 1.49. The minimum Gasteiger partial charge on any atom is -0.472 e. The van der Waals surface area contributed by atoms with Crippen LogP contribution < -0.4 is 15.6 Å². The smallest absolute Gasteiger partial charge is 0.271 e. The third kappa shape index (κ3) is 5.17. The predicted octanol–water partition coefficient (Wildman–Crippen LogP) is 5.37. The summed E-state index contributed by atoms with van der Waals surface area (Å²) in [5, 5.41) is 8.12. The van der Waals surface area contributed by atoms with Crippen LogP contribution in [-0.4, -0.2) is 15.7 Å². The Morgan fingerprint density at radius 2 is 1.62 bits per heavy atom. The highest BCUT2D eigenvalue weighted by atomic mass is 35.5. The lowest BCUT2D eigenvalue weighted by atomic mass is 10.2. The van der Waals surface area contributed by atoms with Crippen LogP contribution in [0, 0.1) is 0 Å². The highest BCUT2D eigenvalue weighted by molar-refractivity contribution is 6.33. The van der Waals surface area contributed by atoms with Gasteiger partial charge >= 0.3 is 0 Å². The van der Waals surface area contributed by atoms with Crippen molar-refractivity contribution in [3.63, 3.8) is 0 Å². The van der Waals surface area contributed by atoms with Crippen molar-refractivity contribution in [2.45, 2.75) is 6.61 Å². The standard InChI is InChI=1S/C24H17Cl2N3O3/c25-18-9-5-16(6-10-18)15-32-22-13-14-23(30)29(28-22)19-11-7-17(8-12-19)24(31)27-21-4-2-1-3-20(21)26/h1-14H,15H2,(H,27,31). The van der Waals surface area contributed by atoms with E-state index in [9.17, 15) is 9.59 Å². The van der Waals surface area contributed by atoms with Gasteiger partial charge in [-0.25, -0.2) is 0 Å². The largest absolute Gasteiger partial charge is 0.472 e. The lowest BCUT2D eigenvalue weighted by molar-refractivity contribution is 0.102. The molecule has 1 heterocycles. The molecule has 3 aromatic carbocycles. The number of benzene rings is 3. The first kappa shape index (κ1) is 21.6. The quantitative estimate of drug-likeness (QED) is 0.415. The molecule has 0 bridgehead atoms. The molecule has 0 saturated heterocycles. The van der Waals surface area contributed by atoms with Gasteiger partial charge in [-0.2, -0.15) is 4.68 Å². The average Bonchev–Trinajstić information content (AvgIpc) is 2.81. The first-order chi connectivity index (χ1) is 15.5. The predicted molar refractivity (Wildman–Crippen MR) is 125 cm³/mol. The summed E-state index contributed by atoms with van der Waals surface area (Å²) in [5.74, 6) is -0.0231. The zero-order chi connectivity index (χ0) is 22.5. The molecule has 160 valence electrons. The molecule has 4 rings (SSSR count). The van der Waals surface area contributed by atoms with E-state index in [0.29, 0.717) is 32.9 Å². The molecule has 0 aliphatic rings. The van der Waals surface area contributed by atoms with Crippen LogP contribution in [0.4, 0.5) is 5.69 Å². The van der Waals surface area contributed by atoms with Crippen molar-refractivity contribution in [2.75, 3.05) is 5.32 Å². The Morgan fingerprint density at radius 1 is 0.906 bits per heavy atom. The minimum atomic E-state index is -0.322. The lowest BCUT2D eigenvalue weighted by Gasteiger charge is -2.10. The van der Waals surface area contributed by atoms with E-state index in [2.05, 4.69) is 10.4 Å². The third-order valence-corrected chi connectivity index (χ3v) is 5.15. The van der Waals surface area contributed by atoms with Crippen LogP contribution >= 0.6 is 23.2 Å². The topological polar surface area (TPSA) is 73.2 Å². The fraction of sp³-hybridized carbons (Fsp3) is 0.0417. The first-order valence-electron chi connectivity index (χ1n) is 9.63. The maximum Gasteiger partial charge on any atom is 0.271 e. The van der Waals surface area contributed by atoms with E-state index in [1.165, 1.54) is 16.8 Å². The number of carbonyl (C=O) groups is 1. The summed E-state index contributed by atoms with van der Waals surface area (Å²) >= 11 is 12.0. The second-order valence-electron chi connectivity index (χ2n) is 6.82. The molecular formula is C24H17Cl2N3O3. The summed E-state index contributed by atoms with van der Waals surface area (Å²) in [5.41, 5.74) is 2.03. The number of anilines is 1. The molecule has 0 aliphatic carbocycles. The summed E-state index contributed by atoms with van der Waals surface area (Å²) in [6, 6.07) is 23.6. The number of nitrogens with zero attached hydrogens (tertiary/aromatic N) is 2. The van der Waals surface area contributed by atoms with Crippen molar-refractivity contribution in [3.05, 3.63) is 116 Å². The molecule has 0 unspecified atom stereocenters. The second-order valence-corrected chi connectivity index (χ2v) is 7.66. The van der Waals surface area contributed by atoms with Gasteiger partial charge in [0.1, 0.15) is 6.61 Å². The maximum absolute atomic E-state index is 12.5. The van der Waals surface area contributed by atoms with Gasteiger partial charge in [0.05, 0.1) is 16.4 Å². The van der Waals surface area contributed by atoms with E-state index in [-0.39, 0.29) is 18.1 Å². The van der Waals surface area contributed by atoms with Gasteiger partial charge in [0, 0.05) is 22.7 Å². The second kappa shape index (κ2) is 9.68. The van der Waals surface area contributed by atoms with E-state index in [4.69, 9.17) is 27.9 Å². The van der Waals surface area contributed by atoms with Crippen molar-refractivity contribution in [3.8, 4) is 11.6 Å². The Labute approximate surface area is 194 Å². The van der Waals surface area contributed by atoms with Crippen LogP contribution in [0.1, 0.15) is 15.9 Å². The highest BCUT2D eigenvalue weighted by Gasteiger charge is 2.10. The normalized spacial score (nSPS) is 10.6. The Morgan fingerprint density at radius 3 is 2.34 bits per heavy atom. The monoisotopic (exact) mass is 465 g/mol. The van der Waals surface area contributed by atoms with Gasteiger partial charge in [0.15, 0.2) is 0 Å². The van der Waals surface area contributed by atoms with Gasteiger partial charge in [-0.1, -0.05) is 47.5 Å². The number of hydrogen-bond donors (Lipinski definition) is 1. The third-order valence-electron chi connectivity index (χ3n) is 4.57. The molecule has 4 aromatic rings. The summed E-state index contributed by atoms with van der Waals surface area (Å²) in [7, 11) is 0. The van der Waals surface area contributed by atoms with Crippen LogP contribution in [0.5, 0.6) is 5.88 Å². The van der Waals surface area contributed by atoms with Crippen molar-refractivity contribution >= 4 is 34.8 Å². The van der Waals surface area contributed by atoms with Gasteiger partial charge < -0.3 is 10.1 Å². The number of ether oxygens (including phenoxy) is 1. The number of para-hydroxylation sites is 1. The Bertz CT molecular complexity index is 1300. The van der Waals surface area contributed by atoms with Crippen molar-refractivity contribution in [2.24, 2.45) is 0 Å². The van der Waals surface area contributed by atoms with Gasteiger partial charge in [0.25, 0.3) is 11.5 Å². The average molecular weight is 466 g/mol. The number of aromatic nitrogens is 2. The molecule has 32 heavy (non-hydrogen) atoms. The van der Waals surface area contributed by atoms with E-state index < -0.39 is 0 Å². The van der Waals surface area contributed by atoms with Gasteiger partial charge in [0.2, 0.25) is 5.88 Å². The minimum absolute atomic E-state index is 0.281. The number of halogens is 2. The molecule has 1 amide bonds. The fourth-order valence-electron chi connectivity index (χ4n) is 2.91. The lowest BCUT2D eigenvalue weighted by Crippen LogP contribution is -2.20. The van der Waals surface area contributed by atoms with Gasteiger partial charge in [-0.15, -0.1) is 5.10 Å². The van der Waals surface area contributed by atoms with Crippen LogP contribution in [0.15, 0.2) is 89.7 Å². The number of nitrogens with one attached hydrogen (secondary N) is 1. The molecule has 6 nitrogen and oxygen atoms in total. The number of hydrogen-bond acceptors (Lipinski definition) is 4. The molecule has 0 fully saturated rings. The molecule has 8 heteroatoms. The van der Waals surface area contributed by atoms with Gasteiger partial charge in [-0.05, 0) is 54.1 Å². The number of amides is 1. The number of rotatable bonds is 6. The molecule has 1 aromatic heterocycles. The van der Waals surface area contributed by atoms with Gasteiger partial charge in [-0.3, -0.25) is 9.59 Å². The van der Waals surface area contributed by atoms with Crippen LogP contribution in [0.2, 0.25) is 10.0 Å². The SMILES string of the molecule is O=C(Nc1ccccc1Cl)c1ccc(-n2nc(OCc3ccc(Cl)cc3)ccc2=O)cc1. The molecule has 0 saturated carbocycles. The van der Waals surface area contributed by atoms with E-state index in [0.717, 1.165) is 5.56 Å². The van der Waals surface area contributed by atoms with Crippen LogP contribution in [0.3, 0.4) is 0 Å². The zero-order valence-corrected chi connectivity index (χ0v) is 18.2. The molecule has 0 spiro atoms. The Hall–Kier alpha value is -3.61. The molecular weight excluding hydrogens is 449 g/mol. The van der Waals surface area contributed by atoms with Crippen molar-refractivity contribution < 1.29 is 9.53 Å². The fourth-order valence-corrected chi connectivity index (χ4v) is 3.21.